The molecule has 1 heterocycles. The lowest BCUT2D eigenvalue weighted by molar-refractivity contribution is -0.113. The zero-order valence-electron chi connectivity index (χ0n) is 7.40. The van der Waals surface area contributed by atoms with Gasteiger partial charge in [0.1, 0.15) is 6.04 Å². The molecule has 1 aromatic carbocycles. The van der Waals surface area contributed by atoms with Crippen LogP contribution >= 0.6 is 11.6 Å². The van der Waals surface area contributed by atoms with E-state index in [9.17, 15) is 13.2 Å². The second-order valence-electron chi connectivity index (χ2n) is 3.05. The zero-order valence-corrected chi connectivity index (χ0v) is 8.97. The molecule has 0 saturated heterocycles. The van der Waals surface area contributed by atoms with Gasteiger partial charge in [-0.2, -0.15) is 13.1 Å². The molecule has 1 aromatic rings. The summed E-state index contributed by atoms with van der Waals surface area (Å²) in [5.74, 6) is 0. The quantitative estimate of drug-likeness (QED) is 0.718. The molecule has 15 heavy (non-hydrogen) atoms. The fourth-order valence-electron chi connectivity index (χ4n) is 1.40. The first-order chi connectivity index (χ1) is 6.99. The number of hydrogen-bond acceptors (Lipinski definition) is 3. The molecule has 0 amide bonds. The number of carbonyl (C=O) groups is 1. The van der Waals surface area contributed by atoms with Gasteiger partial charge in [0.25, 0.3) is 10.2 Å². The average Bonchev–Trinajstić information content (AvgIpc) is 2.14. The van der Waals surface area contributed by atoms with Crippen molar-refractivity contribution in [3.8, 4) is 0 Å². The van der Waals surface area contributed by atoms with Gasteiger partial charge in [-0.15, -0.1) is 0 Å². The van der Waals surface area contributed by atoms with E-state index in [2.05, 4.69) is 9.44 Å². The van der Waals surface area contributed by atoms with Crippen molar-refractivity contribution in [3.05, 3.63) is 29.8 Å². The molecule has 80 valence electrons. The Kier molecular flexibility index (Phi) is 2.41. The van der Waals surface area contributed by atoms with E-state index < -0.39 is 21.5 Å². The van der Waals surface area contributed by atoms with E-state index in [-0.39, 0.29) is 0 Å². The van der Waals surface area contributed by atoms with E-state index in [4.69, 9.17) is 11.6 Å². The summed E-state index contributed by atoms with van der Waals surface area (Å²) in [6.45, 7) is 0. The van der Waals surface area contributed by atoms with Crippen LogP contribution in [0.15, 0.2) is 24.3 Å². The molecule has 0 spiro atoms. The van der Waals surface area contributed by atoms with Crippen LogP contribution in [-0.4, -0.2) is 13.7 Å². The van der Waals surface area contributed by atoms with Crippen molar-refractivity contribution in [2.24, 2.45) is 0 Å². The molecule has 1 atom stereocenters. The number of hydrogen-bond donors (Lipinski definition) is 2. The molecule has 1 aliphatic heterocycles. The maximum absolute atomic E-state index is 11.3. The zero-order chi connectivity index (χ0) is 11.1. The highest BCUT2D eigenvalue weighted by Crippen LogP contribution is 2.29. The lowest BCUT2D eigenvalue weighted by Crippen LogP contribution is -2.40. The summed E-state index contributed by atoms with van der Waals surface area (Å²) in [5.41, 5.74) is 0.891. The molecular weight excluding hydrogens is 240 g/mol. The number of para-hydroxylation sites is 1. The Labute approximate surface area is 91.6 Å². The lowest BCUT2D eigenvalue weighted by atomic mass is 10.1. The van der Waals surface area contributed by atoms with Gasteiger partial charge >= 0.3 is 0 Å². The van der Waals surface area contributed by atoms with Crippen LogP contribution in [0.25, 0.3) is 0 Å². The third-order valence-electron chi connectivity index (χ3n) is 2.02. The normalized spacial score (nSPS) is 22.6. The molecule has 0 aliphatic carbocycles. The van der Waals surface area contributed by atoms with Gasteiger partial charge in [0.15, 0.2) is 0 Å². The first kappa shape index (κ1) is 10.4. The number of benzene rings is 1. The van der Waals surface area contributed by atoms with Crippen molar-refractivity contribution >= 4 is 32.7 Å². The summed E-state index contributed by atoms with van der Waals surface area (Å²) in [6, 6.07) is 5.55. The Morgan fingerprint density at radius 2 is 2.00 bits per heavy atom. The van der Waals surface area contributed by atoms with Crippen LogP contribution in [0.1, 0.15) is 11.6 Å². The molecule has 7 heteroatoms. The molecule has 0 bridgehead atoms. The molecule has 2 N–H and O–H groups in total. The van der Waals surface area contributed by atoms with Gasteiger partial charge in [0.05, 0.1) is 5.69 Å². The second-order valence-corrected chi connectivity index (χ2v) is 4.87. The number of nitrogens with one attached hydrogen (secondary N) is 2. The highest BCUT2D eigenvalue weighted by Gasteiger charge is 2.31. The third kappa shape index (κ3) is 1.97. The lowest BCUT2D eigenvalue weighted by Gasteiger charge is -2.24. The van der Waals surface area contributed by atoms with Gasteiger partial charge in [0.2, 0.25) is 5.24 Å². The van der Waals surface area contributed by atoms with E-state index in [1.807, 2.05) is 0 Å². The maximum Gasteiger partial charge on any atom is 0.300 e. The molecule has 2 rings (SSSR count). The Hall–Kier alpha value is -1.11. The van der Waals surface area contributed by atoms with E-state index in [1.165, 1.54) is 0 Å². The number of rotatable bonds is 1. The van der Waals surface area contributed by atoms with Gasteiger partial charge < -0.3 is 0 Å². The predicted molar refractivity (Wildman–Crippen MR) is 55.7 cm³/mol. The van der Waals surface area contributed by atoms with Gasteiger partial charge in [-0.3, -0.25) is 9.52 Å². The minimum Gasteiger partial charge on any atom is -0.279 e. The fourth-order valence-corrected chi connectivity index (χ4v) is 2.72. The summed E-state index contributed by atoms with van der Waals surface area (Å²) >= 11 is 5.32. The van der Waals surface area contributed by atoms with Crippen molar-refractivity contribution in [1.29, 1.82) is 0 Å². The fraction of sp³-hybridized carbons (Fsp3) is 0.125. The number of fused-ring (bicyclic) bond motifs is 1. The maximum atomic E-state index is 11.3. The molecular formula is C8H7ClN2O3S. The van der Waals surface area contributed by atoms with Crippen LogP contribution < -0.4 is 9.44 Å². The van der Waals surface area contributed by atoms with Crippen LogP contribution in [0.3, 0.4) is 0 Å². The minimum absolute atomic E-state index is 0.371. The minimum atomic E-state index is -3.70. The van der Waals surface area contributed by atoms with Gasteiger partial charge in [-0.25, -0.2) is 0 Å². The third-order valence-corrected chi connectivity index (χ3v) is 3.27. The first-order valence-electron chi connectivity index (χ1n) is 4.08. The number of anilines is 1. The SMILES string of the molecule is O=C(Cl)C1NS(=O)(=O)Nc2ccccc21. The summed E-state index contributed by atoms with van der Waals surface area (Å²) in [6.07, 6.45) is 0. The Morgan fingerprint density at radius 3 is 2.67 bits per heavy atom. The predicted octanol–water partition coefficient (Wildman–Crippen LogP) is 0.753. The van der Waals surface area contributed by atoms with E-state index in [0.717, 1.165) is 0 Å². The summed E-state index contributed by atoms with van der Waals surface area (Å²) in [5, 5.41) is -0.757. The van der Waals surface area contributed by atoms with Crippen molar-refractivity contribution in [1.82, 2.24) is 4.72 Å². The molecule has 0 saturated carbocycles. The number of carbonyl (C=O) groups excluding carboxylic acids is 1. The molecule has 1 aliphatic rings. The standard InChI is InChI=1S/C8H7ClN2O3S/c9-8(12)7-5-3-1-2-4-6(5)10-15(13,14)11-7/h1-4,7,10-11H. The van der Waals surface area contributed by atoms with Gasteiger partial charge in [-0.05, 0) is 17.7 Å². The van der Waals surface area contributed by atoms with Crippen LogP contribution in [0.4, 0.5) is 5.69 Å². The highest BCUT2D eigenvalue weighted by atomic mass is 35.5. The first-order valence-corrected chi connectivity index (χ1v) is 5.94. The van der Waals surface area contributed by atoms with Gasteiger partial charge in [0, 0.05) is 5.56 Å². The molecule has 0 aromatic heterocycles. The summed E-state index contributed by atoms with van der Waals surface area (Å²) < 4.78 is 27.0. The number of halogens is 1. The van der Waals surface area contributed by atoms with Crippen LogP contribution in [0.2, 0.25) is 0 Å². The van der Waals surface area contributed by atoms with Gasteiger partial charge in [-0.1, -0.05) is 18.2 Å². The molecule has 0 radical (unpaired) electrons. The highest BCUT2D eigenvalue weighted by molar-refractivity contribution is 7.90. The molecule has 5 nitrogen and oxygen atoms in total. The topological polar surface area (TPSA) is 75.3 Å². The van der Waals surface area contributed by atoms with Crippen LogP contribution in [0.5, 0.6) is 0 Å². The molecule has 0 fully saturated rings. The smallest absolute Gasteiger partial charge is 0.279 e. The Balaban J connectivity index is 2.57. The molecule has 1 unspecified atom stereocenters. The Bertz CT molecular complexity index is 514. The van der Waals surface area contributed by atoms with E-state index in [0.29, 0.717) is 11.3 Å². The van der Waals surface area contributed by atoms with Crippen LogP contribution in [0, 0.1) is 0 Å². The van der Waals surface area contributed by atoms with Crippen LogP contribution in [-0.2, 0) is 15.0 Å². The average molecular weight is 247 g/mol. The largest absolute Gasteiger partial charge is 0.300 e. The van der Waals surface area contributed by atoms with Crippen molar-refractivity contribution in [2.75, 3.05) is 4.72 Å². The van der Waals surface area contributed by atoms with Crippen molar-refractivity contribution in [3.63, 3.8) is 0 Å². The van der Waals surface area contributed by atoms with E-state index >= 15 is 0 Å². The monoisotopic (exact) mass is 246 g/mol. The van der Waals surface area contributed by atoms with E-state index in [1.54, 1.807) is 24.3 Å². The Morgan fingerprint density at radius 1 is 1.33 bits per heavy atom. The van der Waals surface area contributed by atoms with Crippen molar-refractivity contribution < 1.29 is 13.2 Å². The summed E-state index contributed by atoms with van der Waals surface area (Å²) in [4.78, 5) is 11.1. The summed E-state index contributed by atoms with van der Waals surface area (Å²) in [7, 11) is -3.70. The van der Waals surface area contributed by atoms with Crippen molar-refractivity contribution in [2.45, 2.75) is 6.04 Å². The second kappa shape index (κ2) is 3.48.